The summed E-state index contributed by atoms with van der Waals surface area (Å²) in [6.45, 7) is 1.96. The molecule has 3 nitrogen and oxygen atoms in total. The van der Waals surface area contributed by atoms with Crippen LogP contribution in [0.1, 0.15) is 29.3 Å². The van der Waals surface area contributed by atoms with Gasteiger partial charge in [-0.3, -0.25) is 4.79 Å². The Balaban J connectivity index is 2.16. The highest BCUT2D eigenvalue weighted by Gasteiger charge is 2.07. The molecule has 0 aliphatic rings. The summed E-state index contributed by atoms with van der Waals surface area (Å²) in [5, 5.41) is 5.32. The molecule has 21 heavy (non-hydrogen) atoms. The maximum Gasteiger partial charge on any atom is 0.271 e. The summed E-state index contributed by atoms with van der Waals surface area (Å²) in [6.07, 6.45) is 0.677. The molecule has 0 unspecified atom stereocenters. The highest BCUT2D eigenvalue weighted by molar-refractivity contribution is 6.31. The van der Waals surface area contributed by atoms with Gasteiger partial charge in [0.15, 0.2) is 0 Å². The Bertz CT molecular complexity index is 683. The van der Waals surface area contributed by atoms with Crippen LogP contribution in [0.2, 0.25) is 10.0 Å². The van der Waals surface area contributed by atoms with Crippen molar-refractivity contribution in [3.05, 3.63) is 69.7 Å². The Morgan fingerprint density at radius 3 is 2.19 bits per heavy atom. The van der Waals surface area contributed by atoms with Gasteiger partial charge in [0.05, 0.1) is 5.71 Å². The molecule has 2 aromatic carbocycles. The smallest absolute Gasteiger partial charge is 0.267 e. The molecule has 0 saturated heterocycles. The largest absolute Gasteiger partial charge is 0.271 e. The van der Waals surface area contributed by atoms with E-state index in [1.807, 2.05) is 25.1 Å². The van der Waals surface area contributed by atoms with Gasteiger partial charge in [-0.1, -0.05) is 48.3 Å². The molecule has 0 fully saturated rings. The van der Waals surface area contributed by atoms with Crippen LogP contribution in [-0.2, 0) is 0 Å². The maximum absolute atomic E-state index is 12.0. The lowest BCUT2D eigenvalue weighted by atomic mass is 10.1. The predicted molar refractivity (Wildman–Crippen MR) is 87.2 cm³/mol. The topological polar surface area (TPSA) is 41.5 Å². The van der Waals surface area contributed by atoms with Crippen LogP contribution in [0.15, 0.2) is 53.6 Å². The van der Waals surface area contributed by atoms with E-state index < -0.39 is 0 Å². The maximum atomic E-state index is 12.0. The van der Waals surface area contributed by atoms with E-state index in [0.717, 1.165) is 11.3 Å². The average Bonchev–Trinajstić information content (AvgIpc) is 2.48. The number of carbonyl (C=O) groups excluding carboxylic acids is 1. The third-order valence-electron chi connectivity index (χ3n) is 2.87. The van der Waals surface area contributed by atoms with E-state index in [4.69, 9.17) is 23.2 Å². The van der Waals surface area contributed by atoms with E-state index in [1.54, 1.807) is 30.3 Å². The van der Waals surface area contributed by atoms with Crippen LogP contribution in [-0.4, -0.2) is 11.6 Å². The van der Waals surface area contributed by atoms with Crippen molar-refractivity contribution in [3.8, 4) is 0 Å². The molecule has 0 heterocycles. The molecule has 1 amide bonds. The summed E-state index contributed by atoms with van der Waals surface area (Å²) in [5.41, 5.74) is 4.65. The van der Waals surface area contributed by atoms with Gasteiger partial charge in [-0.25, -0.2) is 5.43 Å². The molecule has 0 spiro atoms. The Morgan fingerprint density at radius 1 is 1.05 bits per heavy atom. The third-order valence-corrected chi connectivity index (χ3v) is 3.34. The summed E-state index contributed by atoms with van der Waals surface area (Å²) in [4.78, 5) is 12.0. The number of amides is 1. The van der Waals surface area contributed by atoms with E-state index in [0.29, 0.717) is 22.0 Å². The molecule has 0 aliphatic carbocycles. The van der Waals surface area contributed by atoms with Gasteiger partial charge < -0.3 is 0 Å². The number of halogens is 2. The first-order valence-corrected chi connectivity index (χ1v) is 7.24. The zero-order valence-electron chi connectivity index (χ0n) is 11.4. The second-order valence-corrected chi connectivity index (χ2v) is 5.25. The fourth-order valence-electron chi connectivity index (χ4n) is 1.83. The second kappa shape index (κ2) is 7.25. The number of nitrogens with zero attached hydrogens (tertiary/aromatic N) is 1. The van der Waals surface area contributed by atoms with Gasteiger partial charge >= 0.3 is 0 Å². The first-order valence-electron chi connectivity index (χ1n) is 6.48. The lowest BCUT2D eigenvalue weighted by Crippen LogP contribution is -2.20. The van der Waals surface area contributed by atoms with Crippen LogP contribution in [0.25, 0.3) is 0 Å². The first kappa shape index (κ1) is 15.5. The molecule has 0 aromatic heterocycles. The standard InChI is InChI=1S/C16H14Cl2N2O/c1-2-15(11-5-3-7-13(17)9-11)19-20-16(21)12-6-4-8-14(18)10-12/h3-10H,2H2,1H3,(H,20,21). The third kappa shape index (κ3) is 4.31. The number of hydrogen-bond acceptors (Lipinski definition) is 2. The number of rotatable bonds is 4. The lowest BCUT2D eigenvalue weighted by molar-refractivity contribution is 0.0955. The van der Waals surface area contributed by atoms with Crippen molar-refractivity contribution in [2.24, 2.45) is 5.10 Å². The average molecular weight is 321 g/mol. The molecule has 1 N–H and O–H groups in total. The minimum atomic E-state index is -0.300. The zero-order valence-corrected chi connectivity index (χ0v) is 12.9. The van der Waals surface area contributed by atoms with Crippen molar-refractivity contribution >= 4 is 34.8 Å². The summed E-state index contributed by atoms with van der Waals surface area (Å²) in [7, 11) is 0. The monoisotopic (exact) mass is 320 g/mol. The fraction of sp³-hybridized carbons (Fsp3) is 0.125. The predicted octanol–water partition coefficient (Wildman–Crippen LogP) is 4.54. The number of carbonyl (C=O) groups is 1. The van der Waals surface area contributed by atoms with Crippen molar-refractivity contribution in [2.45, 2.75) is 13.3 Å². The van der Waals surface area contributed by atoms with Gasteiger partial charge in [-0.2, -0.15) is 5.10 Å². The fourth-order valence-corrected chi connectivity index (χ4v) is 2.21. The van der Waals surface area contributed by atoms with Crippen molar-refractivity contribution < 1.29 is 4.79 Å². The van der Waals surface area contributed by atoms with Crippen LogP contribution >= 0.6 is 23.2 Å². The molecule has 0 saturated carbocycles. The van der Waals surface area contributed by atoms with Crippen LogP contribution < -0.4 is 5.43 Å². The quantitative estimate of drug-likeness (QED) is 0.652. The number of benzene rings is 2. The number of hydrazone groups is 1. The minimum absolute atomic E-state index is 0.300. The molecular weight excluding hydrogens is 307 g/mol. The Kier molecular flexibility index (Phi) is 5.37. The molecule has 2 rings (SSSR count). The molecule has 0 radical (unpaired) electrons. The normalized spacial score (nSPS) is 11.3. The Labute approximate surface area is 133 Å². The van der Waals surface area contributed by atoms with Gasteiger partial charge in [0.2, 0.25) is 0 Å². The van der Waals surface area contributed by atoms with Crippen molar-refractivity contribution in [1.82, 2.24) is 5.43 Å². The number of hydrogen-bond donors (Lipinski definition) is 1. The molecule has 2 aromatic rings. The van der Waals surface area contributed by atoms with Crippen LogP contribution in [0.3, 0.4) is 0 Å². The van der Waals surface area contributed by atoms with Crippen LogP contribution in [0.4, 0.5) is 0 Å². The molecular formula is C16H14Cl2N2O. The summed E-state index contributed by atoms with van der Waals surface area (Å²) < 4.78 is 0. The second-order valence-electron chi connectivity index (χ2n) is 4.37. The highest BCUT2D eigenvalue weighted by Crippen LogP contribution is 2.13. The summed E-state index contributed by atoms with van der Waals surface area (Å²) in [5.74, 6) is -0.300. The van der Waals surface area contributed by atoms with E-state index in [-0.39, 0.29) is 5.91 Å². The molecule has 0 atom stereocenters. The molecule has 0 aliphatic heterocycles. The molecule has 5 heteroatoms. The Hall–Kier alpha value is -1.84. The van der Waals surface area contributed by atoms with Crippen LogP contribution in [0.5, 0.6) is 0 Å². The van der Waals surface area contributed by atoms with Gasteiger partial charge in [0.1, 0.15) is 0 Å². The lowest BCUT2D eigenvalue weighted by Gasteiger charge is -2.06. The summed E-state index contributed by atoms with van der Waals surface area (Å²) in [6, 6.07) is 14.1. The van der Waals surface area contributed by atoms with Crippen molar-refractivity contribution in [3.63, 3.8) is 0 Å². The van der Waals surface area contributed by atoms with Crippen molar-refractivity contribution in [2.75, 3.05) is 0 Å². The summed E-state index contributed by atoms with van der Waals surface area (Å²) >= 11 is 11.8. The van der Waals surface area contributed by atoms with Gasteiger partial charge in [0, 0.05) is 15.6 Å². The first-order chi connectivity index (χ1) is 10.1. The van der Waals surface area contributed by atoms with E-state index in [9.17, 15) is 4.79 Å². The molecule has 108 valence electrons. The van der Waals surface area contributed by atoms with Crippen LogP contribution in [0, 0.1) is 0 Å². The zero-order chi connectivity index (χ0) is 15.2. The van der Waals surface area contributed by atoms with E-state index in [2.05, 4.69) is 10.5 Å². The van der Waals surface area contributed by atoms with E-state index >= 15 is 0 Å². The minimum Gasteiger partial charge on any atom is -0.267 e. The molecule has 0 bridgehead atoms. The van der Waals surface area contributed by atoms with Gasteiger partial charge in [-0.15, -0.1) is 0 Å². The van der Waals surface area contributed by atoms with E-state index in [1.165, 1.54) is 0 Å². The number of nitrogens with one attached hydrogen (secondary N) is 1. The van der Waals surface area contributed by atoms with Gasteiger partial charge in [0.25, 0.3) is 5.91 Å². The Morgan fingerprint density at radius 2 is 1.62 bits per heavy atom. The van der Waals surface area contributed by atoms with Gasteiger partial charge in [-0.05, 0) is 42.3 Å². The van der Waals surface area contributed by atoms with Crippen molar-refractivity contribution in [1.29, 1.82) is 0 Å². The highest BCUT2D eigenvalue weighted by atomic mass is 35.5. The SMILES string of the molecule is CCC(=NNC(=O)c1cccc(Cl)c1)c1cccc(Cl)c1.